The van der Waals surface area contributed by atoms with Crippen molar-refractivity contribution >= 4 is 0 Å². The summed E-state index contributed by atoms with van der Waals surface area (Å²) >= 11 is 0. The van der Waals surface area contributed by atoms with Gasteiger partial charge >= 0.3 is 0 Å². The Morgan fingerprint density at radius 2 is 2.00 bits per heavy atom. The summed E-state index contributed by atoms with van der Waals surface area (Å²) in [5.74, 6) is 0.560. The van der Waals surface area contributed by atoms with Gasteiger partial charge in [-0.1, -0.05) is 33.1 Å². The van der Waals surface area contributed by atoms with Gasteiger partial charge in [0, 0.05) is 6.61 Å². The molecule has 1 heteroatoms. The third-order valence-corrected chi connectivity index (χ3v) is 1.80. The van der Waals surface area contributed by atoms with Gasteiger partial charge in [0.25, 0.3) is 0 Å². The van der Waals surface area contributed by atoms with E-state index >= 15 is 0 Å². The van der Waals surface area contributed by atoms with Crippen molar-refractivity contribution in [2.75, 3.05) is 6.61 Å². The monoisotopic (exact) mass is 130 g/mol. The number of aliphatic hydroxyl groups excluding tert-OH is 1. The van der Waals surface area contributed by atoms with E-state index in [1.165, 1.54) is 19.3 Å². The molecule has 0 aliphatic carbocycles. The van der Waals surface area contributed by atoms with E-state index < -0.39 is 0 Å². The molecular weight excluding hydrogens is 112 g/mol. The molecule has 0 rings (SSSR count). The van der Waals surface area contributed by atoms with Crippen LogP contribution in [-0.4, -0.2) is 11.7 Å². The number of aliphatic hydroxyl groups is 1. The summed E-state index contributed by atoms with van der Waals surface area (Å²) in [4.78, 5) is 0. The zero-order valence-corrected chi connectivity index (χ0v) is 6.56. The summed E-state index contributed by atoms with van der Waals surface area (Å²) in [6.07, 6.45) is 4.83. The van der Waals surface area contributed by atoms with Crippen LogP contribution >= 0.6 is 0 Å². The van der Waals surface area contributed by atoms with Crippen molar-refractivity contribution in [3.8, 4) is 0 Å². The Bertz CT molecular complexity index is 48.5. The summed E-state index contributed by atoms with van der Waals surface area (Å²) in [6.45, 7) is 4.69. The van der Waals surface area contributed by atoms with E-state index in [-0.39, 0.29) is 0 Å². The average Bonchev–Trinajstić information content (AvgIpc) is 1.91. The third kappa shape index (κ3) is 4.46. The van der Waals surface area contributed by atoms with Gasteiger partial charge in [-0.15, -0.1) is 0 Å². The first-order valence-electron chi connectivity index (χ1n) is 3.96. The van der Waals surface area contributed by atoms with Crippen LogP contribution in [0.3, 0.4) is 0 Å². The number of unbranched alkanes of at least 4 members (excludes halogenated alkanes) is 1. The molecule has 0 bridgehead atoms. The summed E-state index contributed by atoms with van der Waals surface area (Å²) in [5.41, 5.74) is 0. The fourth-order valence-corrected chi connectivity index (χ4v) is 0.917. The molecule has 0 amide bonds. The molecule has 0 aromatic heterocycles. The summed E-state index contributed by atoms with van der Waals surface area (Å²) in [7, 11) is 0. The number of hydrogen-bond donors (Lipinski definition) is 1. The van der Waals surface area contributed by atoms with Crippen molar-refractivity contribution < 1.29 is 5.11 Å². The van der Waals surface area contributed by atoms with Gasteiger partial charge in [-0.05, 0) is 12.3 Å². The van der Waals surface area contributed by atoms with Crippen LogP contribution in [0.25, 0.3) is 0 Å². The third-order valence-electron chi connectivity index (χ3n) is 1.80. The largest absolute Gasteiger partial charge is 0.396 e. The first kappa shape index (κ1) is 8.96. The molecule has 0 fully saturated rings. The van der Waals surface area contributed by atoms with Crippen molar-refractivity contribution in [3.05, 3.63) is 0 Å². The van der Waals surface area contributed by atoms with Gasteiger partial charge in [-0.3, -0.25) is 0 Å². The van der Waals surface area contributed by atoms with E-state index in [9.17, 15) is 0 Å². The maximum Gasteiger partial charge on any atom is 0.0459 e. The van der Waals surface area contributed by atoms with Crippen LogP contribution in [0, 0.1) is 5.92 Å². The van der Waals surface area contributed by atoms with Crippen molar-refractivity contribution in [3.63, 3.8) is 0 Å². The van der Waals surface area contributed by atoms with Crippen LogP contribution in [0.1, 0.15) is 39.5 Å². The lowest BCUT2D eigenvalue weighted by atomic mass is 10.0. The fourth-order valence-electron chi connectivity index (χ4n) is 0.917. The molecule has 0 saturated heterocycles. The maximum absolute atomic E-state index is 8.75. The van der Waals surface area contributed by atoms with Crippen LogP contribution in [0.5, 0.6) is 0 Å². The zero-order valence-electron chi connectivity index (χ0n) is 6.56. The highest BCUT2D eigenvalue weighted by Crippen LogP contribution is 2.10. The molecular formula is C8H18O. The first-order valence-corrected chi connectivity index (χ1v) is 3.96. The first-order chi connectivity index (χ1) is 4.35. The normalized spacial score (nSPS) is 13.7. The molecule has 0 heterocycles. The molecule has 0 aliphatic heterocycles. The topological polar surface area (TPSA) is 20.2 Å². The van der Waals surface area contributed by atoms with E-state index in [2.05, 4.69) is 13.8 Å². The van der Waals surface area contributed by atoms with Crippen LogP contribution in [0.2, 0.25) is 0 Å². The van der Waals surface area contributed by atoms with Gasteiger partial charge in [-0.2, -0.15) is 0 Å². The fraction of sp³-hybridized carbons (Fsp3) is 1.00. The highest BCUT2D eigenvalue weighted by molar-refractivity contribution is 4.53. The van der Waals surface area contributed by atoms with Crippen molar-refractivity contribution in [1.29, 1.82) is 0 Å². The zero-order chi connectivity index (χ0) is 7.11. The van der Waals surface area contributed by atoms with Crippen LogP contribution in [0.4, 0.5) is 0 Å². The second-order valence-electron chi connectivity index (χ2n) is 2.60. The molecule has 0 aliphatic rings. The Hall–Kier alpha value is -0.0400. The molecule has 1 atom stereocenters. The minimum Gasteiger partial charge on any atom is -0.396 e. The predicted octanol–water partition coefficient (Wildman–Crippen LogP) is 2.20. The molecule has 0 unspecified atom stereocenters. The van der Waals surface area contributed by atoms with Gasteiger partial charge in [0.15, 0.2) is 0 Å². The average molecular weight is 130 g/mol. The van der Waals surface area contributed by atoms with E-state index in [1.54, 1.807) is 0 Å². The second kappa shape index (κ2) is 6.09. The van der Waals surface area contributed by atoms with Crippen LogP contribution in [0.15, 0.2) is 0 Å². The molecule has 0 aromatic carbocycles. The maximum atomic E-state index is 8.75. The Labute approximate surface area is 58.1 Å². The predicted molar refractivity (Wildman–Crippen MR) is 40.4 cm³/mol. The standard InChI is InChI=1S/C8H18O/c1-3-5-6-8(4-2)7-9/h8-9H,3-7H2,1-2H3/t8-/m0/s1. The van der Waals surface area contributed by atoms with Crippen molar-refractivity contribution in [2.45, 2.75) is 39.5 Å². The van der Waals surface area contributed by atoms with Gasteiger partial charge in [0.2, 0.25) is 0 Å². The molecule has 1 nitrogen and oxygen atoms in total. The highest BCUT2D eigenvalue weighted by Gasteiger charge is 2.01. The second-order valence-corrected chi connectivity index (χ2v) is 2.60. The minimum absolute atomic E-state index is 0.372. The summed E-state index contributed by atoms with van der Waals surface area (Å²) in [6, 6.07) is 0. The van der Waals surface area contributed by atoms with E-state index in [4.69, 9.17) is 5.11 Å². The smallest absolute Gasteiger partial charge is 0.0459 e. The van der Waals surface area contributed by atoms with Gasteiger partial charge in [0.05, 0.1) is 0 Å². The van der Waals surface area contributed by atoms with E-state index in [0.29, 0.717) is 12.5 Å². The van der Waals surface area contributed by atoms with Gasteiger partial charge in [0.1, 0.15) is 0 Å². The lowest BCUT2D eigenvalue weighted by Gasteiger charge is -2.08. The number of hydrogen-bond acceptors (Lipinski definition) is 1. The Morgan fingerprint density at radius 3 is 2.33 bits per heavy atom. The molecule has 56 valence electrons. The number of rotatable bonds is 5. The Balaban J connectivity index is 3.09. The molecule has 9 heavy (non-hydrogen) atoms. The lowest BCUT2D eigenvalue weighted by Crippen LogP contribution is -2.03. The Morgan fingerprint density at radius 1 is 1.33 bits per heavy atom. The molecule has 1 N–H and O–H groups in total. The molecule has 0 aromatic rings. The van der Waals surface area contributed by atoms with Crippen molar-refractivity contribution in [2.24, 2.45) is 5.92 Å². The van der Waals surface area contributed by atoms with Gasteiger partial charge < -0.3 is 5.11 Å². The molecule has 0 saturated carbocycles. The van der Waals surface area contributed by atoms with Crippen LogP contribution < -0.4 is 0 Å². The van der Waals surface area contributed by atoms with Crippen molar-refractivity contribution in [1.82, 2.24) is 0 Å². The van der Waals surface area contributed by atoms with E-state index in [0.717, 1.165) is 6.42 Å². The summed E-state index contributed by atoms with van der Waals surface area (Å²) < 4.78 is 0. The lowest BCUT2D eigenvalue weighted by molar-refractivity contribution is 0.212. The quantitative estimate of drug-likeness (QED) is 0.605. The van der Waals surface area contributed by atoms with Gasteiger partial charge in [-0.25, -0.2) is 0 Å². The molecule has 0 spiro atoms. The molecule has 0 radical (unpaired) electrons. The van der Waals surface area contributed by atoms with Crippen LogP contribution in [-0.2, 0) is 0 Å². The Kier molecular flexibility index (Phi) is 6.06. The summed E-state index contributed by atoms with van der Waals surface area (Å²) in [5, 5.41) is 8.75. The highest BCUT2D eigenvalue weighted by atomic mass is 16.3. The minimum atomic E-state index is 0.372. The van der Waals surface area contributed by atoms with E-state index in [1.807, 2.05) is 0 Å². The SMILES string of the molecule is CCCC[C@H](CC)CO.